The van der Waals surface area contributed by atoms with Crippen LogP contribution in [0.25, 0.3) is 0 Å². The number of hydrogen-bond donors (Lipinski definition) is 2. The van der Waals surface area contributed by atoms with Crippen molar-refractivity contribution >= 4 is 17.3 Å². The molecule has 2 N–H and O–H groups in total. The average molecular weight is 510 g/mol. The first-order valence-corrected chi connectivity index (χ1v) is 12.2. The first-order valence-electron chi connectivity index (χ1n) is 11.9. The number of rotatable bonds is 8. The van der Waals surface area contributed by atoms with Crippen molar-refractivity contribution in [1.82, 2.24) is 4.90 Å². The van der Waals surface area contributed by atoms with Crippen LogP contribution in [0.15, 0.2) is 66.7 Å². The van der Waals surface area contributed by atoms with Gasteiger partial charge >= 0.3 is 0 Å². The summed E-state index contributed by atoms with van der Waals surface area (Å²) in [6, 6.07) is 20.9. The van der Waals surface area contributed by atoms with E-state index < -0.39 is 12.2 Å². The molecule has 0 amide bonds. The number of aliphatic hydroxyl groups excluding tert-OH is 2. The summed E-state index contributed by atoms with van der Waals surface area (Å²) in [6.07, 6.45) is -1.29. The van der Waals surface area contributed by atoms with Crippen molar-refractivity contribution in [3.05, 3.63) is 94.3 Å². The van der Waals surface area contributed by atoms with E-state index in [-0.39, 0.29) is 18.5 Å². The van der Waals surface area contributed by atoms with E-state index >= 15 is 0 Å². The Morgan fingerprint density at radius 1 is 1.08 bits per heavy atom. The molecule has 0 radical (unpaired) electrons. The van der Waals surface area contributed by atoms with E-state index in [4.69, 9.17) is 21.6 Å². The van der Waals surface area contributed by atoms with Crippen LogP contribution in [0.1, 0.15) is 35.8 Å². The van der Waals surface area contributed by atoms with Gasteiger partial charge in [-0.25, -0.2) is 4.39 Å². The van der Waals surface area contributed by atoms with Crippen molar-refractivity contribution in [1.29, 1.82) is 5.26 Å². The van der Waals surface area contributed by atoms with E-state index in [1.54, 1.807) is 49.4 Å². The highest BCUT2D eigenvalue weighted by Gasteiger charge is 2.31. The maximum Gasteiger partial charge on any atom is 0.123 e. The van der Waals surface area contributed by atoms with Crippen molar-refractivity contribution in [3.63, 3.8) is 0 Å². The number of hydrogen-bond acceptors (Lipinski definition) is 6. The Labute approximate surface area is 215 Å². The molecule has 1 saturated heterocycles. The van der Waals surface area contributed by atoms with Gasteiger partial charge in [-0.1, -0.05) is 35.9 Å². The van der Waals surface area contributed by atoms with Crippen LogP contribution in [0, 0.1) is 17.1 Å². The molecule has 3 aromatic carbocycles. The molecular weight excluding hydrogens is 481 g/mol. The van der Waals surface area contributed by atoms with Gasteiger partial charge in [-0.3, -0.25) is 4.90 Å². The van der Waals surface area contributed by atoms with E-state index in [0.29, 0.717) is 42.5 Å². The van der Waals surface area contributed by atoms with Crippen molar-refractivity contribution < 1.29 is 19.3 Å². The number of ether oxygens (including phenoxy) is 1. The smallest absolute Gasteiger partial charge is 0.123 e. The van der Waals surface area contributed by atoms with E-state index in [2.05, 4.69) is 15.9 Å². The second-order valence-electron chi connectivity index (χ2n) is 9.04. The molecule has 188 valence electrons. The minimum atomic E-state index is -0.702. The van der Waals surface area contributed by atoms with Gasteiger partial charge < -0.3 is 19.8 Å². The number of aliphatic hydroxyl groups is 2. The lowest BCUT2D eigenvalue weighted by Crippen LogP contribution is -2.49. The van der Waals surface area contributed by atoms with E-state index in [1.165, 1.54) is 12.1 Å². The van der Waals surface area contributed by atoms with E-state index in [9.17, 15) is 14.6 Å². The number of benzene rings is 3. The van der Waals surface area contributed by atoms with Crippen LogP contribution in [-0.2, 0) is 0 Å². The fraction of sp³-hybridized carbons (Fsp3) is 0.321. The highest BCUT2D eigenvalue weighted by atomic mass is 35.5. The van der Waals surface area contributed by atoms with Gasteiger partial charge in [0.25, 0.3) is 0 Å². The molecular formula is C28H29ClFN3O3. The SMILES string of the molecule is C[C@@H](O)COc1ccc(N2CCN(C[C@@H](O)c3ccc(C#N)cc3)C[C@H]2c2ccc(F)cc2)c(Cl)c1. The van der Waals surface area contributed by atoms with Gasteiger partial charge in [0.15, 0.2) is 0 Å². The predicted molar refractivity (Wildman–Crippen MR) is 138 cm³/mol. The van der Waals surface area contributed by atoms with Crippen molar-refractivity contribution in [2.45, 2.75) is 25.2 Å². The quantitative estimate of drug-likeness (QED) is 0.458. The van der Waals surface area contributed by atoms with Crippen LogP contribution in [0.5, 0.6) is 5.75 Å². The van der Waals surface area contributed by atoms with Crippen LogP contribution >= 0.6 is 11.6 Å². The largest absolute Gasteiger partial charge is 0.491 e. The van der Waals surface area contributed by atoms with Gasteiger partial charge in [0, 0.05) is 32.2 Å². The van der Waals surface area contributed by atoms with Gasteiger partial charge in [-0.05, 0) is 54.4 Å². The molecule has 1 aliphatic heterocycles. The second-order valence-corrected chi connectivity index (χ2v) is 9.45. The summed E-state index contributed by atoms with van der Waals surface area (Å²) in [5.74, 6) is 0.277. The number of halogens is 2. The van der Waals surface area contributed by atoms with Gasteiger partial charge in [-0.15, -0.1) is 0 Å². The summed E-state index contributed by atoms with van der Waals surface area (Å²) >= 11 is 6.66. The summed E-state index contributed by atoms with van der Waals surface area (Å²) in [5.41, 5.74) is 3.09. The zero-order valence-corrected chi connectivity index (χ0v) is 20.8. The van der Waals surface area contributed by atoms with Crippen LogP contribution in [0.3, 0.4) is 0 Å². The lowest BCUT2D eigenvalue weighted by Gasteiger charge is -2.44. The summed E-state index contributed by atoms with van der Waals surface area (Å²) < 4.78 is 19.3. The third-order valence-corrected chi connectivity index (χ3v) is 6.60. The second kappa shape index (κ2) is 11.7. The molecule has 8 heteroatoms. The number of nitriles is 1. The van der Waals surface area contributed by atoms with Crippen LogP contribution in [0.4, 0.5) is 10.1 Å². The van der Waals surface area contributed by atoms with Gasteiger partial charge in [0.2, 0.25) is 0 Å². The van der Waals surface area contributed by atoms with Gasteiger partial charge in [0.1, 0.15) is 18.2 Å². The highest BCUT2D eigenvalue weighted by Crippen LogP contribution is 2.37. The van der Waals surface area contributed by atoms with Gasteiger partial charge in [0.05, 0.1) is 40.6 Å². The summed E-state index contributed by atoms with van der Waals surface area (Å²) in [7, 11) is 0. The summed E-state index contributed by atoms with van der Waals surface area (Å²) in [6.45, 7) is 4.21. The van der Waals surface area contributed by atoms with Crippen LogP contribution in [0.2, 0.25) is 5.02 Å². The third kappa shape index (κ3) is 6.34. The minimum Gasteiger partial charge on any atom is -0.491 e. The van der Waals surface area contributed by atoms with Crippen molar-refractivity contribution in [2.24, 2.45) is 0 Å². The molecule has 0 spiro atoms. The Morgan fingerprint density at radius 2 is 1.81 bits per heavy atom. The standard InChI is InChI=1S/C28H29ClFN3O3/c1-19(34)18-36-24-10-11-26(25(29)14-24)33-13-12-32(16-27(33)21-6-8-23(30)9-7-21)17-28(35)22-4-2-20(15-31)3-5-22/h2-11,14,19,27-28,34-35H,12-13,16-18H2,1H3/t19-,27+,28-/m1/s1. The monoisotopic (exact) mass is 509 g/mol. The Morgan fingerprint density at radius 3 is 2.44 bits per heavy atom. The van der Waals surface area contributed by atoms with Crippen molar-refractivity contribution in [3.8, 4) is 11.8 Å². The minimum absolute atomic E-state index is 0.116. The van der Waals surface area contributed by atoms with Crippen LogP contribution < -0.4 is 9.64 Å². The number of β-amino-alcohol motifs (C(OH)–C–C–N with tert-alkyl or cyclic N) is 1. The lowest BCUT2D eigenvalue weighted by atomic mass is 10.00. The molecule has 36 heavy (non-hydrogen) atoms. The number of anilines is 1. The first kappa shape index (κ1) is 25.9. The molecule has 0 saturated carbocycles. The molecule has 3 aromatic rings. The van der Waals surface area contributed by atoms with Crippen LogP contribution in [-0.4, -0.2) is 54.0 Å². The molecule has 0 unspecified atom stereocenters. The number of piperazine rings is 1. The Balaban J connectivity index is 1.54. The summed E-state index contributed by atoms with van der Waals surface area (Å²) in [4.78, 5) is 4.38. The molecule has 1 fully saturated rings. The van der Waals surface area contributed by atoms with E-state index in [1.807, 2.05) is 12.1 Å². The summed E-state index contributed by atoms with van der Waals surface area (Å²) in [5, 5.41) is 29.8. The average Bonchev–Trinajstić information content (AvgIpc) is 2.88. The molecule has 0 bridgehead atoms. The molecule has 3 atom stereocenters. The Hall–Kier alpha value is -3.15. The third-order valence-electron chi connectivity index (χ3n) is 6.29. The fourth-order valence-corrected chi connectivity index (χ4v) is 4.70. The van der Waals surface area contributed by atoms with Gasteiger partial charge in [-0.2, -0.15) is 5.26 Å². The van der Waals surface area contributed by atoms with Crippen molar-refractivity contribution in [2.75, 3.05) is 37.7 Å². The fourth-order valence-electron chi connectivity index (χ4n) is 4.42. The maximum atomic E-state index is 13.7. The Bertz CT molecular complexity index is 1200. The maximum absolute atomic E-state index is 13.7. The molecule has 0 aliphatic carbocycles. The topological polar surface area (TPSA) is 80.0 Å². The number of nitrogens with zero attached hydrogens (tertiary/aromatic N) is 3. The van der Waals surface area contributed by atoms with E-state index in [0.717, 1.165) is 16.8 Å². The molecule has 0 aromatic heterocycles. The molecule has 4 rings (SSSR count). The highest BCUT2D eigenvalue weighted by molar-refractivity contribution is 6.33. The normalized spacial score (nSPS) is 17.9. The molecule has 1 heterocycles. The first-order chi connectivity index (χ1) is 17.3. The molecule has 6 nitrogen and oxygen atoms in total. The lowest BCUT2D eigenvalue weighted by molar-refractivity contribution is 0.100. The Kier molecular flexibility index (Phi) is 8.44. The molecule has 1 aliphatic rings. The predicted octanol–water partition coefficient (Wildman–Crippen LogP) is 4.71. The zero-order chi connectivity index (χ0) is 25.7. The zero-order valence-electron chi connectivity index (χ0n) is 20.0.